The number of aliphatic hydroxyl groups excluding tert-OH is 1. The van der Waals surface area contributed by atoms with E-state index in [-0.39, 0.29) is 6.10 Å². The fourth-order valence-electron chi connectivity index (χ4n) is 2.39. The highest BCUT2D eigenvalue weighted by atomic mass is 16.3. The molecule has 0 bridgehead atoms. The molecule has 112 valence electrons. The zero-order valence-corrected chi connectivity index (χ0v) is 12.7. The van der Waals surface area contributed by atoms with E-state index in [0.29, 0.717) is 23.8 Å². The molecule has 1 saturated heterocycles. The summed E-state index contributed by atoms with van der Waals surface area (Å²) in [5.41, 5.74) is 0. The lowest BCUT2D eigenvalue weighted by Gasteiger charge is -2.33. The van der Waals surface area contributed by atoms with Gasteiger partial charge in [-0.05, 0) is 25.7 Å². The minimum absolute atomic E-state index is 0.235. The summed E-state index contributed by atoms with van der Waals surface area (Å²) in [4.78, 5) is 17.3. The number of piperidine rings is 1. The Morgan fingerprint density at radius 3 is 2.40 bits per heavy atom. The van der Waals surface area contributed by atoms with Gasteiger partial charge in [0.15, 0.2) is 0 Å². The standard InChI is InChI=1S/C13H24N6O/c1-9(20)10-5-7-19(8-6-10)13-16-11(14-2)15-12(17-13)18(3)4/h9-10,20H,5-8H2,1-4H3,(H,14,15,16,17). The Kier molecular flexibility index (Phi) is 4.59. The maximum absolute atomic E-state index is 9.66. The van der Waals surface area contributed by atoms with E-state index >= 15 is 0 Å². The van der Waals surface area contributed by atoms with E-state index in [1.54, 1.807) is 7.05 Å². The molecule has 1 atom stereocenters. The third kappa shape index (κ3) is 3.27. The summed E-state index contributed by atoms with van der Waals surface area (Å²) < 4.78 is 0. The van der Waals surface area contributed by atoms with Crippen molar-refractivity contribution in [2.45, 2.75) is 25.9 Å². The fraction of sp³-hybridized carbons (Fsp3) is 0.769. The molecule has 0 aliphatic carbocycles. The van der Waals surface area contributed by atoms with Gasteiger partial charge in [-0.2, -0.15) is 15.0 Å². The second-order valence-electron chi connectivity index (χ2n) is 5.47. The molecule has 0 aromatic carbocycles. The number of hydrogen-bond acceptors (Lipinski definition) is 7. The van der Waals surface area contributed by atoms with Crippen LogP contribution in [0.4, 0.5) is 17.8 Å². The smallest absolute Gasteiger partial charge is 0.231 e. The van der Waals surface area contributed by atoms with Gasteiger partial charge in [0.2, 0.25) is 17.8 Å². The summed E-state index contributed by atoms with van der Waals surface area (Å²) >= 11 is 0. The van der Waals surface area contributed by atoms with Crippen LogP contribution in [0.3, 0.4) is 0 Å². The first kappa shape index (κ1) is 14.8. The van der Waals surface area contributed by atoms with E-state index in [0.717, 1.165) is 25.9 Å². The van der Waals surface area contributed by atoms with Gasteiger partial charge >= 0.3 is 0 Å². The van der Waals surface area contributed by atoms with Crippen LogP contribution in [0.5, 0.6) is 0 Å². The topological polar surface area (TPSA) is 77.4 Å². The Labute approximate surface area is 120 Å². The van der Waals surface area contributed by atoms with Crippen molar-refractivity contribution in [1.82, 2.24) is 15.0 Å². The molecule has 1 aliphatic heterocycles. The zero-order valence-electron chi connectivity index (χ0n) is 12.7. The molecule has 7 heteroatoms. The quantitative estimate of drug-likeness (QED) is 0.835. The summed E-state index contributed by atoms with van der Waals surface area (Å²) in [6.45, 7) is 3.61. The molecule has 20 heavy (non-hydrogen) atoms. The Hall–Kier alpha value is -1.63. The van der Waals surface area contributed by atoms with Crippen LogP contribution < -0.4 is 15.1 Å². The van der Waals surface area contributed by atoms with E-state index in [2.05, 4.69) is 25.2 Å². The van der Waals surface area contributed by atoms with Crippen LogP contribution in [-0.4, -0.2) is 60.4 Å². The van der Waals surface area contributed by atoms with Crippen LogP contribution in [0.2, 0.25) is 0 Å². The monoisotopic (exact) mass is 280 g/mol. The number of aromatic nitrogens is 3. The van der Waals surface area contributed by atoms with Gasteiger partial charge < -0.3 is 20.2 Å². The maximum Gasteiger partial charge on any atom is 0.231 e. The number of aliphatic hydroxyl groups is 1. The summed E-state index contributed by atoms with van der Waals surface area (Å²) in [5, 5.41) is 12.6. The van der Waals surface area contributed by atoms with E-state index < -0.39 is 0 Å². The highest BCUT2D eigenvalue weighted by Gasteiger charge is 2.24. The first-order valence-corrected chi connectivity index (χ1v) is 7.05. The summed E-state index contributed by atoms with van der Waals surface area (Å²) in [6.07, 6.45) is 1.70. The summed E-state index contributed by atoms with van der Waals surface area (Å²) in [5.74, 6) is 2.32. The Morgan fingerprint density at radius 1 is 1.25 bits per heavy atom. The first-order chi connectivity index (χ1) is 9.51. The second-order valence-corrected chi connectivity index (χ2v) is 5.47. The van der Waals surface area contributed by atoms with Crippen molar-refractivity contribution < 1.29 is 5.11 Å². The molecule has 0 spiro atoms. The van der Waals surface area contributed by atoms with Gasteiger partial charge in [0.05, 0.1) is 6.10 Å². The lowest BCUT2D eigenvalue weighted by Crippen LogP contribution is -2.38. The van der Waals surface area contributed by atoms with Gasteiger partial charge in [0.25, 0.3) is 0 Å². The third-order valence-electron chi connectivity index (χ3n) is 3.74. The average Bonchev–Trinajstić information content (AvgIpc) is 2.46. The average molecular weight is 280 g/mol. The molecule has 1 fully saturated rings. The van der Waals surface area contributed by atoms with Crippen LogP contribution in [0, 0.1) is 5.92 Å². The predicted molar refractivity (Wildman–Crippen MR) is 80.3 cm³/mol. The molecule has 2 rings (SSSR count). The van der Waals surface area contributed by atoms with Gasteiger partial charge in [-0.3, -0.25) is 0 Å². The Balaban J connectivity index is 2.15. The van der Waals surface area contributed by atoms with Crippen molar-refractivity contribution in [3.8, 4) is 0 Å². The minimum atomic E-state index is -0.235. The highest BCUT2D eigenvalue weighted by Crippen LogP contribution is 2.24. The lowest BCUT2D eigenvalue weighted by molar-refractivity contribution is 0.109. The van der Waals surface area contributed by atoms with Crippen molar-refractivity contribution in [1.29, 1.82) is 0 Å². The molecule has 0 radical (unpaired) electrons. The molecular formula is C13H24N6O. The van der Waals surface area contributed by atoms with E-state index in [1.807, 2.05) is 25.9 Å². The molecule has 7 nitrogen and oxygen atoms in total. The molecule has 2 heterocycles. The van der Waals surface area contributed by atoms with Gasteiger partial charge in [-0.25, -0.2) is 0 Å². The van der Waals surface area contributed by atoms with Crippen LogP contribution in [0.15, 0.2) is 0 Å². The number of nitrogens with zero attached hydrogens (tertiary/aromatic N) is 5. The molecule has 2 N–H and O–H groups in total. The molecule has 1 aliphatic rings. The van der Waals surface area contributed by atoms with Crippen LogP contribution >= 0.6 is 0 Å². The van der Waals surface area contributed by atoms with Crippen molar-refractivity contribution in [3.63, 3.8) is 0 Å². The second kappa shape index (κ2) is 6.21. The Morgan fingerprint density at radius 2 is 1.90 bits per heavy atom. The van der Waals surface area contributed by atoms with Crippen LogP contribution in [0.1, 0.15) is 19.8 Å². The highest BCUT2D eigenvalue weighted by molar-refractivity contribution is 5.44. The molecule has 1 aromatic heterocycles. The van der Waals surface area contributed by atoms with Crippen molar-refractivity contribution >= 4 is 17.8 Å². The molecule has 0 amide bonds. The third-order valence-corrected chi connectivity index (χ3v) is 3.74. The van der Waals surface area contributed by atoms with Crippen molar-refractivity contribution in [3.05, 3.63) is 0 Å². The van der Waals surface area contributed by atoms with Gasteiger partial charge in [-0.1, -0.05) is 0 Å². The Bertz CT molecular complexity index is 442. The van der Waals surface area contributed by atoms with Crippen LogP contribution in [0.25, 0.3) is 0 Å². The van der Waals surface area contributed by atoms with Crippen LogP contribution in [-0.2, 0) is 0 Å². The summed E-state index contributed by atoms with van der Waals surface area (Å²) in [6, 6.07) is 0. The molecule has 1 aromatic rings. The predicted octanol–water partition coefficient (Wildman–Crippen LogP) is 0.576. The van der Waals surface area contributed by atoms with E-state index in [4.69, 9.17) is 0 Å². The van der Waals surface area contributed by atoms with Crippen molar-refractivity contribution in [2.75, 3.05) is 49.3 Å². The number of hydrogen-bond donors (Lipinski definition) is 2. The minimum Gasteiger partial charge on any atom is -0.393 e. The number of rotatable bonds is 4. The maximum atomic E-state index is 9.66. The number of nitrogens with one attached hydrogen (secondary N) is 1. The zero-order chi connectivity index (χ0) is 14.7. The van der Waals surface area contributed by atoms with Gasteiger partial charge in [0.1, 0.15) is 0 Å². The van der Waals surface area contributed by atoms with Gasteiger partial charge in [-0.15, -0.1) is 0 Å². The number of anilines is 3. The molecule has 0 saturated carbocycles. The van der Waals surface area contributed by atoms with E-state index in [1.165, 1.54) is 0 Å². The lowest BCUT2D eigenvalue weighted by atomic mass is 9.92. The SMILES string of the molecule is CNc1nc(N(C)C)nc(N2CCC(C(C)O)CC2)n1. The van der Waals surface area contributed by atoms with Crippen molar-refractivity contribution in [2.24, 2.45) is 5.92 Å². The molecular weight excluding hydrogens is 256 g/mol. The first-order valence-electron chi connectivity index (χ1n) is 7.05. The molecule has 1 unspecified atom stereocenters. The van der Waals surface area contributed by atoms with E-state index in [9.17, 15) is 5.11 Å². The summed E-state index contributed by atoms with van der Waals surface area (Å²) in [7, 11) is 5.63. The normalized spacial score (nSPS) is 17.9. The fourth-order valence-corrected chi connectivity index (χ4v) is 2.39. The largest absolute Gasteiger partial charge is 0.393 e. The van der Waals surface area contributed by atoms with Gasteiger partial charge in [0, 0.05) is 34.2 Å².